The molecular formula is C19H24N4O4. The van der Waals surface area contributed by atoms with Gasteiger partial charge in [0, 0.05) is 23.4 Å². The van der Waals surface area contributed by atoms with E-state index in [9.17, 15) is 9.59 Å². The van der Waals surface area contributed by atoms with Crippen LogP contribution >= 0.6 is 0 Å². The lowest BCUT2D eigenvalue weighted by molar-refractivity contribution is -0.0135. The summed E-state index contributed by atoms with van der Waals surface area (Å²) in [5, 5.41) is 10.0. The molecule has 27 heavy (non-hydrogen) atoms. The summed E-state index contributed by atoms with van der Waals surface area (Å²) in [6, 6.07) is 6.36. The molecule has 1 fully saturated rings. The van der Waals surface area contributed by atoms with Gasteiger partial charge in [-0.2, -0.15) is 5.10 Å². The first-order valence-electron chi connectivity index (χ1n) is 8.98. The summed E-state index contributed by atoms with van der Waals surface area (Å²) < 4.78 is 11.5. The minimum absolute atomic E-state index is 0.205. The Hall–Kier alpha value is -2.87. The van der Waals surface area contributed by atoms with E-state index in [0.29, 0.717) is 36.6 Å². The molecule has 1 aromatic heterocycles. The molecule has 0 bridgehead atoms. The Morgan fingerprint density at radius 1 is 1.37 bits per heavy atom. The summed E-state index contributed by atoms with van der Waals surface area (Å²) in [4.78, 5) is 23.8. The zero-order valence-corrected chi connectivity index (χ0v) is 15.5. The number of nitrogens with zero attached hydrogens (tertiary/aromatic N) is 1. The number of rotatable bonds is 6. The number of aromatic nitrogens is 2. The predicted octanol–water partition coefficient (Wildman–Crippen LogP) is 1.35. The second-order valence-electron chi connectivity index (χ2n) is 6.52. The number of primary amides is 1. The molecule has 0 aliphatic carbocycles. The monoisotopic (exact) mass is 372 g/mol. The Labute approximate surface area is 157 Å². The van der Waals surface area contributed by atoms with Gasteiger partial charge in [-0.15, -0.1) is 0 Å². The summed E-state index contributed by atoms with van der Waals surface area (Å²) in [7, 11) is 0. The van der Waals surface area contributed by atoms with Crippen molar-refractivity contribution in [2.75, 3.05) is 13.2 Å². The highest BCUT2D eigenvalue weighted by Gasteiger charge is 2.30. The molecule has 0 spiro atoms. The largest absolute Gasteiger partial charge is 0.486 e. The number of hydrogen-bond donors (Lipinski definition) is 3. The number of aromatic amines is 1. The average molecular weight is 372 g/mol. The third-order valence-electron chi connectivity index (χ3n) is 4.73. The van der Waals surface area contributed by atoms with Crippen molar-refractivity contribution in [2.24, 2.45) is 5.73 Å². The van der Waals surface area contributed by atoms with Crippen LogP contribution in [0.25, 0.3) is 0 Å². The van der Waals surface area contributed by atoms with Gasteiger partial charge in [0.1, 0.15) is 11.9 Å². The zero-order valence-electron chi connectivity index (χ0n) is 15.5. The van der Waals surface area contributed by atoms with E-state index in [1.54, 1.807) is 24.3 Å². The Morgan fingerprint density at radius 2 is 2.11 bits per heavy atom. The van der Waals surface area contributed by atoms with Gasteiger partial charge in [-0.05, 0) is 44.0 Å². The average Bonchev–Trinajstić information content (AvgIpc) is 3.04. The van der Waals surface area contributed by atoms with Crippen molar-refractivity contribution in [3.05, 3.63) is 46.8 Å². The molecule has 2 amide bonds. The molecule has 144 valence electrons. The highest BCUT2D eigenvalue weighted by atomic mass is 16.5. The molecule has 1 saturated heterocycles. The third kappa shape index (κ3) is 4.28. The molecule has 2 aromatic rings. The smallest absolute Gasteiger partial charge is 0.272 e. The predicted molar refractivity (Wildman–Crippen MR) is 98.8 cm³/mol. The van der Waals surface area contributed by atoms with Crippen molar-refractivity contribution in [3.8, 4) is 5.75 Å². The quantitative estimate of drug-likeness (QED) is 0.707. The van der Waals surface area contributed by atoms with Gasteiger partial charge in [-0.3, -0.25) is 14.7 Å². The van der Waals surface area contributed by atoms with Gasteiger partial charge in [0.2, 0.25) is 5.91 Å². The number of carbonyl (C=O) groups excluding carboxylic acids is 2. The van der Waals surface area contributed by atoms with Crippen LogP contribution in [-0.2, 0) is 11.2 Å². The SMILES string of the molecule is CCc1[nH]nc(C(=O)N[C@@H]2CCOC[C@H]2Oc2ccc(C(N)=O)cc2)c1C. The molecule has 0 saturated carbocycles. The molecule has 0 unspecified atom stereocenters. The molecule has 1 aromatic carbocycles. The molecule has 8 nitrogen and oxygen atoms in total. The number of hydrogen-bond acceptors (Lipinski definition) is 5. The van der Waals surface area contributed by atoms with Crippen molar-refractivity contribution >= 4 is 11.8 Å². The van der Waals surface area contributed by atoms with Gasteiger partial charge in [0.25, 0.3) is 5.91 Å². The van der Waals surface area contributed by atoms with E-state index in [0.717, 1.165) is 17.7 Å². The van der Waals surface area contributed by atoms with Crippen molar-refractivity contribution in [1.82, 2.24) is 15.5 Å². The van der Waals surface area contributed by atoms with Crippen LogP contribution in [0.2, 0.25) is 0 Å². The van der Waals surface area contributed by atoms with Crippen LogP contribution in [0, 0.1) is 6.92 Å². The summed E-state index contributed by atoms with van der Waals surface area (Å²) in [5.41, 5.74) is 7.88. The van der Waals surface area contributed by atoms with E-state index in [1.807, 2.05) is 13.8 Å². The Morgan fingerprint density at radius 3 is 2.74 bits per heavy atom. The minimum atomic E-state index is -0.492. The van der Waals surface area contributed by atoms with Crippen LogP contribution in [0.4, 0.5) is 0 Å². The summed E-state index contributed by atoms with van der Waals surface area (Å²) in [5.74, 6) is -0.138. The van der Waals surface area contributed by atoms with Crippen LogP contribution in [0.1, 0.15) is 45.4 Å². The number of benzene rings is 1. The molecule has 4 N–H and O–H groups in total. The zero-order chi connectivity index (χ0) is 19.4. The fourth-order valence-electron chi connectivity index (χ4n) is 3.10. The summed E-state index contributed by atoms with van der Waals surface area (Å²) >= 11 is 0. The van der Waals surface area contributed by atoms with Crippen LogP contribution in [0.15, 0.2) is 24.3 Å². The van der Waals surface area contributed by atoms with Gasteiger partial charge in [0.15, 0.2) is 5.69 Å². The van der Waals surface area contributed by atoms with E-state index in [2.05, 4.69) is 15.5 Å². The third-order valence-corrected chi connectivity index (χ3v) is 4.73. The maximum atomic E-state index is 12.6. The van der Waals surface area contributed by atoms with E-state index >= 15 is 0 Å². The second kappa shape index (κ2) is 8.22. The molecule has 2 heterocycles. The van der Waals surface area contributed by atoms with Crippen molar-refractivity contribution in [2.45, 2.75) is 38.8 Å². The first-order valence-corrected chi connectivity index (χ1v) is 8.98. The first kappa shape index (κ1) is 18.9. The topological polar surface area (TPSA) is 119 Å². The number of carbonyl (C=O) groups is 2. The standard InChI is InChI=1S/C19H24N4O4/c1-3-14-11(2)17(23-22-14)19(25)21-15-8-9-26-10-16(15)27-13-6-4-12(5-7-13)18(20)24/h4-7,15-16H,3,8-10H2,1-2H3,(H2,20,24)(H,21,25)(H,22,23)/t15-,16-/m1/s1. The fraction of sp³-hybridized carbons (Fsp3) is 0.421. The van der Waals surface area contributed by atoms with Crippen molar-refractivity contribution in [1.29, 1.82) is 0 Å². The molecule has 3 rings (SSSR count). The van der Waals surface area contributed by atoms with Crippen LogP contribution in [0.5, 0.6) is 5.75 Å². The number of nitrogens with one attached hydrogen (secondary N) is 2. The lowest BCUT2D eigenvalue weighted by atomic mass is 10.0. The van der Waals surface area contributed by atoms with Crippen LogP contribution in [0.3, 0.4) is 0 Å². The van der Waals surface area contributed by atoms with E-state index < -0.39 is 5.91 Å². The number of ether oxygens (including phenoxy) is 2. The Balaban J connectivity index is 1.68. The van der Waals surface area contributed by atoms with Crippen LogP contribution < -0.4 is 15.8 Å². The van der Waals surface area contributed by atoms with E-state index in [-0.39, 0.29) is 18.1 Å². The maximum Gasteiger partial charge on any atom is 0.272 e. The van der Waals surface area contributed by atoms with Gasteiger partial charge >= 0.3 is 0 Å². The summed E-state index contributed by atoms with van der Waals surface area (Å²) in [6.45, 7) is 4.80. The van der Waals surface area contributed by atoms with Gasteiger partial charge in [-0.25, -0.2) is 0 Å². The normalized spacial score (nSPS) is 19.5. The lowest BCUT2D eigenvalue weighted by Crippen LogP contribution is -2.51. The molecule has 1 aliphatic heterocycles. The second-order valence-corrected chi connectivity index (χ2v) is 6.52. The molecular weight excluding hydrogens is 348 g/mol. The fourth-order valence-corrected chi connectivity index (χ4v) is 3.10. The van der Waals surface area contributed by atoms with E-state index in [4.69, 9.17) is 15.2 Å². The Bertz CT molecular complexity index is 816. The number of amides is 2. The van der Waals surface area contributed by atoms with E-state index in [1.165, 1.54) is 0 Å². The minimum Gasteiger partial charge on any atom is -0.486 e. The van der Waals surface area contributed by atoms with Crippen molar-refractivity contribution < 1.29 is 19.1 Å². The molecule has 2 atom stereocenters. The van der Waals surface area contributed by atoms with Gasteiger partial charge in [-0.1, -0.05) is 6.92 Å². The highest BCUT2D eigenvalue weighted by molar-refractivity contribution is 5.94. The van der Waals surface area contributed by atoms with Gasteiger partial charge in [0.05, 0.1) is 12.6 Å². The first-order chi connectivity index (χ1) is 13.0. The Kier molecular flexibility index (Phi) is 5.75. The summed E-state index contributed by atoms with van der Waals surface area (Å²) in [6.07, 6.45) is 1.09. The maximum absolute atomic E-state index is 12.6. The lowest BCUT2D eigenvalue weighted by Gasteiger charge is -2.32. The molecule has 0 radical (unpaired) electrons. The van der Waals surface area contributed by atoms with Crippen LogP contribution in [-0.4, -0.2) is 47.4 Å². The highest BCUT2D eigenvalue weighted by Crippen LogP contribution is 2.19. The molecule has 1 aliphatic rings. The van der Waals surface area contributed by atoms with Gasteiger partial charge < -0.3 is 20.5 Å². The molecule has 8 heteroatoms. The number of aryl methyl sites for hydroxylation is 1. The van der Waals surface area contributed by atoms with Crippen molar-refractivity contribution in [3.63, 3.8) is 0 Å². The number of H-pyrrole nitrogens is 1. The number of nitrogens with two attached hydrogens (primary N) is 1.